The molecule has 0 spiro atoms. The first-order valence-corrected chi connectivity index (χ1v) is 7.33. The highest BCUT2D eigenvalue weighted by Crippen LogP contribution is 2.34. The predicted molar refractivity (Wildman–Crippen MR) is 77.3 cm³/mol. The van der Waals surface area contributed by atoms with Gasteiger partial charge in [0.05, 0.1) is 0 Å². The summed E-state index contributed by atoms with van der Waals surface area (Å²) < 4.78 is 0. The summed E-state index contributed by atoms with van der Waals surface area (Å²) in [6.07, 6.45) is 6.45. The number of hydrogen-bond acceptors (Lipinski definition) is 8. The van der Waals surface area contributed by atoms with E-state index in [1.807, 2.05) is 12.1 Å². The van der Waals surface area contributed by atoms with Gasteiger partial charge in [-0.1, -0.05) is 22.7 Å². The molecule has 4 rings (SSSR count). The number of nitrogens with zero attached hydrogens (tertiary/aromatic N) is 6. The first-order chi connectivity index (χ1) is 9.90. The average molecular weight is 298 g/mol. The van der Waals surface area contributed by atoms with Gasteiger partial charge in [-0.25, -0.2) is 29.9 Å². The SMILES string of the molecule is c1cc(-c2nc3sc(-c4ccncn4)nc3s2)ncn1. The summed E-state index contributed by atoms with van der Waals surface area (Å²) in [7, 11) is 0. The Morgan fingerprint density at radius 1 is 0.700 bits per heavy atom. The quantitative estimate of drug-likeness (QED) is 0.566. The highest BCUT2D eigenvalue weighted by molar-refractivity contribution is 7.29. The molecule has 8 heteroatoms. The second kappa shape index (κ2) is 4.66. The lowest BCUT2D eigenvalue weighted by Gasteiger charge is -1.92. The molecule has 96 valence electrons. The van der Waals surface area contributed by atoms with E-state index in [0.29, 0.717) is 0 Å². The molecule has 0 bridgehead atoms. The monoisotopic (exact) mass is 298 g/mol. The topological polar surface area (TPSA) is 77.3 Å². The highest BCUT2D eigenvalue weighted by atomic mass is 32.1. The minimum absolute atomic E-state index is 0.818. The van der Waals surface area contributed by atoms with E-state index in [1.165, 1.54) is 35.3 Å². The molecule has 0 atom stereocenters. The van der Waals surface area contributed by atoms with Crippen LogP contribution in [-0.4, -0.2) is 29.9 Å². The van der Waals surface area contributed by atoms with Crippen molar-refractivity contribution in [2.45, 2.75) is 0 Å². The third-order valence-corrected chi connectivity index (χ3v) is 4.65. The van der Waals surface area contributed by atoms with Crippen LogP contribution in [-0.2, 0) is 0 Å². The van der Waals surface area contributed by atoms with Crippen molar-refractivity contribution >= 4 is 32.3 Å². The molecule has 0 unspecified atom stereocenters. The lowest BCUT2D eigenvalue weighted by molar-refractivity contribution is 1.17. The van der Waals surface area contributed by atoms with Gasteiger partial charge in [0.25, 0.3) is 0 Å². The standard InChI is InChI=1S/C12H6N6S2/c1-3-13-5-15-7(1)9-17-11-12(19-9)18-10(20-11)8-2-4-14-6-16-8/h1-6H. The first-order valence-electron chi connectivity index (χ1n) is 5.70. The minimum Gasteiger partial charge on any atom is -0.245 e. The van der Waals surface area contributed by atoms with Crippen LogP contribution >= 0.6 is 22.7 Å². The third-order valence-electron chi connectivity index (χ3n) is 2.58. The molecule has 0 fully saturated rings. The molecule has 4 aromatic rings. The van der Waals surface area contributed by atoms with Crippen LogP contribution in [0.1, 0.15) is 0 Å². The summed E-state index contributed by atoms with van der Waals surface area (Å²) in [5, 5.41) is 1.71. The number of aromatic nitrogens is 6. The van der Waals surface area contributed by atoms with Crippen LogP contribution in [0.5, 0.6) is 0 Å². The lowest BCUT2D eigenvalue weighted by atomic mass is 10.4. The summed E-state index contributed by atoms with van der Waals surface area (Å²) in [6, 6.07) is 3.68. The molecule has 0 saturated heterocycles. The van der Waals surface area contributed by atoms with Crippen molar-refractivity contribution in [3.05, 3.63) is 37.2 Å². The van der Waals surface area contributed by atoms with E-state index in [0.717, 1.165) is 31.1 Å². The Hall–Kier alpha value is -2.32. The molecule has 4 heterocycles. The molecule has 4 aromatic heterocycles. The molecule has 0 amide bonds. The van der Waals surface area contributed by atoms with Gasteiger partial charge in [0.1, 0.15) is 34.1 Å². The van der Waals surface area contributed by atoms with Crippen molar-refractivity contribution in [3.8, 4) is 21.4 Å². The Morgan fingerprint density at radius 2 is 1.20 bits per heavy atom. The van der Waals surface area contributed by atoms with Gasteiger partial charge in [-0.15, -0.1) is 0 Å². The van der Waals surface area contributed by atoms with Crippen LogP contribution in [0.15, 0.2) is 37.2 Å². The molecule has 0 radical (unpaired) electrons. The number of rotatable bonds is 2. The normalized spacial score (nSPS) is 11.0. The molecular weight excluding hydrogens is 292 g/mol. The average Bonchev–Trinajstić information content (AvgIpc) is 3.08. The third kappa shape index (κ3) is 1.95. The smallest absolute Gasteiger partial charge is 0.156 e. The molecule has 0 aliphatic heterocycles. The van der Waals surface area contributed by atoms with Crippen molar-refractivity contribution in [3.63, 3.8) is 0 Å². The van der Waals surface area contributed by atoms with Crippen molar-refractivity contribution in [2.75, 3.05) is 0 Å². The van der Waals surface area contributed by atoms with Crippen molar-refractivity contribution in [2.24, 2.45) is 0 Å². The molecule has 20 heavy (non-hydrogen) atoms. The maximum absolute atomic E-state index is 4.57. The Bertz CT molecular complexity index is 755. The molecular formula is C12H6N6S2. The largest absolute Gasteiger partial charge is 0.245 e. The highest BCUT2D eigenvalue weighted by Gasteiger charge is 2.13. The van der Waals surface area contributed by atoms with E-state index in [4.69, 9.17) is 0 Å². The zero-order valence-corrected chi connectivity index (χ0v) is 11.6. The first kappa shape index (κ1) is 11.5. The summed E-state index contributed by atoms with van der Waals surface area (Å²) in [5.74, 6) is 0. The van der Waals surface area contributed by atoms with Crippen LogP contribution in [0.25, 0.3) is 31.1 Å². The predicted octanol–water partition coefficient (Wildman–Crippen LogP) is 2.67. The Labute approximate surface area is 121 Å². The number of thiazole rings is 2. The second-order valence-electron chi connectivity index (χ2n) is 3.84. The summed E-state index contributed by atoms with van der Waals surface area (Å²) in [5.41, 5.74) is 1.64. The molecule has 0 N–H and O–H groups in total. The molecule has 0 saturated carbocycles. The maximum atomic E-state index is 4.57. The van der Waals surface area contributed by atoms with Crippen molar-refractivity contribution < 1.29 is 0 Å². The van der Waals surface area contributed by atoms with Crippen LogP contribution < -0.4 is 0 Å². The fourth-order valence-corrected chi connectivity index (χ4v) is 3.69. The Balaban J connectivity index is 1.78. The fraction of sp³-hybridized carbons (Fsp3) is 0. The van der Waals surface area contributed by atoms with Crippen LogP contribution in [0, 0.1) is 0 Å². The van der Waals surface area contributed by atoms with Crippen LogP contribution in [0.3, 0.4) is 0 Å². The lowest BCUT2D eigenvalue weighted by Crippen LogP contribution is -1.82. The van der Waals surface area contributed by atoms with Gasteiger partial charge in [-0.2, -0.15) is 0 Å². The van der Waals surface area contributed by atoms with Gasteiger partial charge >= 0.3 is 0 Å². The number of hydrogen-bond donors (Lipinski definition) is 0. The van der Waals surface area contributed by atoms with E-state index in [2.05, 4.69) is 29.9 Å². The van der Waals surface area contributed by atoms with Crippen LogP contribution in [0.4, 0.5) is 0 Å². The van der Waals surface area contributed by atoms with E-state index in [-0.39, 0.29) is 0 Å². The van der Waals surface area contributed by atoms with Gasteiger partial charge < -0.3 is 0 Å². The van der Waals surface area contributed by atoms with Gasteiger partial charge in [-0.05, 0) is 12.1 Å². The van der Waals surface area contributed by atoms with Crippen molar-refractivity contribution in [1.29, 1.82) is 0 Å². The molecule has 0 aliphatic carbocycles. The van der Waals surface area contributed by atoms with E-state index >= 15 is 0 Å². The van der Waals surface area contributed by atoms with Gasteiger partial charge in [-0.3, -0.25) is 0 Å². The Kier molecular flexibility index (Phi) is 2.68. The minimum atomic E-state index is 0.818. The molecule has 6 nitrogen and oxygen atoms in total. The van der Waals surface area contributed by atoms with E-state index in [9.17, 15) is 0 Å². The Morgan fingerprint density at radius 3 is 1.60 bits per heavy atom. The van der Waals surface area contributed by atoms with Gasteiger partial charge in [0.15, 0.2) is 9.66 Å². The summed E-state index contributed by atoms with van der Waals surface area (Å²) in [4.78, 5) is 27.1. The van der Waals surface area contributed by atoms with Gasteiger partial charge in [0.2, 0.25) is 0 Å². The zero-order chi connectivity index (χ0) is 13.4. The van der Waals surface area contributed by atoms with E-state index < -0.39 is 0 Å². The van der Waals surface area contributed by atoms with Crippen molar-refractivity contribution in [1.82, 2.24) is 29.9 Å². The maximum Gasteiger partial charge on any atom is 0.156 e. The zero-order valence-electron chi connectivity index (χ0n) is 9.96. The molecule has 0 aromatic carbocycles. The van der Waals surface area contributed by atoms with Gasteiger partial charge in [0, 0.05) is 12.4 Å². The number of fused-ring (bicyclic) bond motifs is 1. The second-order valence-corrected chi connectivity index (χ2v) is 5.79. The molecule has 0 aliphatic rings. The van der Waals surface area contributed by atoms with Crippen LogP contribution in [0.2, 0.25) is 0 Å². The summed E-state index contributed by atoms with van der Waals surface area (Å²) >= 11 is 3.04. The van der Waals surface area contributed by atoms with E-state index in [1.54, 1.807) is 12.4 Å². The summed E-state index contributed by atoms with van der Waals surface area (Å²) in [6.45, 7) is 0. The fourth-order valence-electron chi connectivity index (χ4n) is 1.70.